The second-order valence-corrected chi connectivity index (χ2v) is 12.3. The van der Waals surface area contributed by atoms with Crippen molar-refractivity contribution < 1.29 is 17.5 Å². The first kappa shape index (κ1) is 25.9. The topological polar surface area (TPSA) is 90.2 Å². The van der Waals surface area contributed by atoms with Gasteiger partial charge in [0.25, 0.3) is 0 Å². The summed E-state index contributed by atoms with van der Waals surface area (Å²) in [6, 6.07) is 10.5. The van der Waals surface area contributed by atoms with E-state index in [1.54, 1.807) is 29.2 Å². The SMILES string of the molecule is O=S(=O)(c1ccc(Cl)c(Cl)c1)N1CCC2=Cc3c(cnn3-c3ccc(F)cc3)CC2(COc2cnccn2)C1. The van der Waals surface area contributed by atoms with E-state index in [-0.39, 0.29) is 40.5 Å². The third kappa shape index (κ3) is 4.82. The van der Waals surface area contributed by atoms with Gasteiger partial charge in [0.2, 0.25) is 15.9 Å². The molecule has 0 spiro atoms. The third-order valence-corrected chi connectivity index (χ3v) is 9.73. The van der Waals surface area contributed by atoms with Gasteiger partial charge < -0.3 is 4.74 Å². The van der Waals surface area contributed by atoms with Crippen molar-refractivity contribution in [3.05, 3.63) is 99.9 Å². The van der Waals surface area contributed by atoms with E-state index in [1.165, 1.54) is 47.0 Å². The molecule has 0 radical (unpaired) electrons. The van der Waals surface area contributed by atoms with Gasteiger partial charge in [0.1, 0.15) is 12.4 Å². The van der Waals surface area contributed by atoms with Gasteiger partial charge in [-0.3, -0.25) is 4.98 Å². The average Bonchev–Trinajstić information content (AvgIpc) is 3.35. The van der Waals surface area contributed by atoms with E-state index >= 15 is 0 Å². The van der Waals surface area contributed by atoms with E-state index in [2.05, 4.69) is 21.1 Å². The van der Waals surface area contributed by atoms with E-state index in [0.717, 1.165) is 22.5 Å². The molecule has 0 saturated carbocycles. The molecule has 3 heterocycles. The van der Waals surface area contributed by atoms with Crippen LogP contribution in [0.4, 0.5) is 4.39 Å². The van der Waals surface area contributed by atoms with Crippen molar-refractivity contribution in [2.45, 2.75) is 17.7 Å². The number of aromatic nitrogens is 4. The number of fused-ring (bicyclic) bond motifs is 2. The highest BCUT2D eigenvalue weighted by atomic mass is 35.5. The highest BCUT2D eigenvalue weighted by Gasteiger charge is 2.47. The Morgan fingerprint density at radius 2 is 1.87 bits per heavy atom. The summed E-state index contributed by atoms with van der Waals surface area (Å²) in [7, 11) is -3.87. The molecule has 4 aromatic rings. The quantitative estimate of drug-likeness (QED) is 0.308. The maximum absolute atomic E-state index is 13.7. The molecule has 0 bridgehead atoms. The zero-order valence-corrected chi connectivity index (χ0v) is 22.8. The molecule has 12 heteroatoms. The van der Waals surface area contributed by atoms with Crippen LogP contribution in [0.5, 0.6) is 5.88 Å². The van der Waals surface area contributed by atoms with Crippen LogP contribution in [0.2, 0.25) is 10.0 Å². The van der Waals surface area contributed by atoms with Gasteiger partial charge in [0.05, 0.1) is 38.7 Å². The first-order chi connectivity index (χ1) is 18.7. The maximum atomic E-state index is 13.7. The minimum atomic E-state index is -3.87. The maximum Gasteiger partial charge on any atom is 0.243 e. The molecular formula is C27H22Cl2FN5O3S. The summed E-state index contributed by atoms with van der Waals surface area (Å²) < 4.78 is 50.3. The molecule has 0 N–H and O–H groups in total. The van der Waals surface area contributed by atoms with Crippen LogP contribution in [0.15, 0.2) is 77.7 Å². The molecule has 39 heavy (non-hydrogen) atoms. The highest BCUT2D eigenvalue weighted by molar-refractivity contribution is 7.89. The molecule has 1 aliphatic carbocycles. The standard InChI is InChI=1S/C27H22Cl2FN5O3S/c28-23-6-5-22(12-24(23)29)39(36,37)34-10-7-19-11-25-18(14-33-35(25)21-3-1-20(30)2-4-21)13-27(19,16-34)17-38-26-15-31-8-9-32-26/h1-6,8-9,11-12,14-15H,7,10,13,16-17H2. The summed E-state index contributed by atoms with van der Waals surface area (Å²) in [5, 5.41) is 5.02. The van der Waals surface area contributed by atoms with Gasteiger partial charge >= 0.3 is 0 Å². The van der Waals surface area contributed by atoms with Crippen LogP contribution in [0.1, 0.15) is 17.7 Å². The predicted octanol–water partition coefficient (Wildman–Crippen LogP) is 5.21. The minimum absolute atomic E-state index is 0.0787. The zero-order chi connectivity index (χ0) is 27.2. The molecular weight excluding hydrogens is 564 g/mol. The van der Waals surface area contributed by atoms with Crippen LogP contribution in [0, 0.1) is 11.2 Å². The molecule has 2 aliphatic rings. The third-order valence-electron chi connectivity index (χ3n) is 7.15. The van der Waals surface area contributed by atoms with E-state index in [1.807, 2.05) is 0 Å². The van der Waals surface area contributed by atoms with E-state index in [0.29, 0.717) is 18.7 Å². The number of rotatable bonds is 6. The first-order valence-electron chi connectivity index (χ1n) is 12.1. The summed E-state index contributed by atoms with van der Waals surface area (Å²) in [5.41, 5.74) is 2.91. The lowest BCUT2D eigenvalue weighted by molar-refractivity contribution is 0.121. The summed E-state index contributed by atoms with van der Waals surface area (Å²) in [6.45, 7) is 0.649. The average molecular weight is 586 g/mol. The molecule has 1 fully saturated rings. The zero-order valence-electron chi connectivity index (χ0n) is 20.5. The van der Waals surface area contributed by atoms with Gasteiger partial charge in [-0.2, -0.15) is 9.40 Å². The van der Waals surface area contributed by atoms with Gasteiger partial charge in [0, 0.05) is 30.9 Å². The predicted molar refractivity (Wildman–Crippen MR) is 145 cm³/mol. The molecule has 8 nitrogen and oxygen atoms in total. The lowest BCUT2D eigenvalue weighted by Gasteiger charge is -2.45. The Hall–Kier alpha value is -3.31. The molecule has 1 saturated heterocycles. The number of hydrogen-bond donors (Lipinski definition) is 0. The van der Waals surface area contributed by atoms with Crippen LogP contribution < -0.4 is 4.74 Å². The largest absolute Gasteiger partial charge is 0.476 e. The molecule has 2 aromatic carbocycles. The van der Waals surface area contributed by atoms with Crippen LogP contribution in [0.25, 0.3) is 11.8 Å². The number of nitrogens with zero attached hydrogens (tertiary/aromatic N) is 5. The van der Waals surface area contributed by atoms with Crippen LogP contribution >= 0.6 is 23.2 Å². The number of hydrogen-bond acceptors (Lipinski definition) is 6. The van der Waals surface area contributed by atoms with Gasteiger partial charge in [0.15, 0.2) is 0 Å². The molecule has 6 rings (SSSR count). The van der Waals surface area contributed by atoms with Crippen LogP contribution in [0.3, 0.4) is 0 Å². The van der Waals surface area contributed by atoms with Crippen LogP contribution in [-0.4, -0.2) is 52.2 Å². The van der Waals surface area contributed by atoms with Crippen molar-refractivity contribution in [3.8, 4) is 11.6 Å². The summed E-state index contributed by atoms with van der Waals surface area (Å²) in [5.74, 6) is 0.0253. The fourth-order valence-electron chi connectivity index (χ4n) is 5.18. The van der Waals surface area contributed by atoms with Gasteiger partial charge in [-0.1, -0.05) is 28.8 Å². The van der Waals surface area contributed by atoms with Crippen molar-refractivity contribution in [1.82, 2.24) is 24.1 Å². The lowest BCUT2D eigenvalue weighted by Crippen LogP contribution is -2.52. The Balaban J connectivity index is 1.38. The Morgan fingerprint density at radius 1 is 1.05 bits per heavy atom. The first-order valence-corrected chi connectivity index (χ1v) is 14.3. The van der Waals surface area contributed by atoms with Crippen molar-refractivity contribution in [3.63, 3.8) is 0 Å². The summed E-state index contributed by atoms with van der Waals surface area (Å²) in [6.07, 6.45) is 9.41. The Morgan fingerprint density at radius 3 is 2.62 bits per heavy atom. The van der Waals surface area contributed by atoms with Gasteiger partial charge in [-0.25, -0.2) is 22.5 Å². The molecule has 0 amide bonds. The van der Waals surface area contributed by atoms with Crippen molar-refractivity contribution in [1.29, 1.82) is 0 Å². The Labute approximate surface area is 234 Å². The molecule has 200 valence electrons. The van der Waals surface area contributed by atoms with Crippen LogP contribution in [-0.2, 0) is 16.4 Å². The van der Waals surface area contributed by atoms with Crippen molar-refractivity contribution in [2.75, 3.05) is 19.7 Å². The smallest absolute Gasteiger partial charge is 0.243 e. The molecule has 2 aromatic heterocycles. The van der Waals surface area contributed by atoms with Gasteiger partial charge in [-0.05, 0) is 66.9 Å². The second-order valence-electron chi connectivity index (χ2n) is 9.57. The lowest BCUT2D eigenvalue weighted by atomic mass is 9.69. The molecule has 1 atom stereocenters. The number of benzene rings is 2. The normalized spacial score (nSPS) is 19.2. The second kappa shape index (κ2) is 10.0. The van der Waals surface area contributed by atoms with Crippen molar-refractivity contribution in [2.24, 2.45) is 5.41 Å². The highest BCUT2D eigenvalue weighted by Crippen LogP contribution is 2.45. The molecule has 1 unspecified atom stereocenters. The Kier molecular flexibility index (Phi) is 6.66. The van der Waals surface area contributed by atoms with Gasteiger partial charge in [-0.15, -0.1) is 0 Å². The fourth-order valence-corrected chi connectivity index (χ4v) is 7.09. The monoisotopic (exact) mass is 585 g/mol. The van der Waals surface area contributed by atoms with Crippen molar-refractivity contribution >= 4 is 39.3 Å². The summed E-state index contributed by atoms with van der Waals surface area (Å²) >= 11 is 12.2. The molecule has 1 aliphatic heterocycles. The Bertz CT molecular complexity index is 1680. The number of halogens is 3. The summed E-state index contributed by atoms with van der Waals surface area (Å²) in [4.78, 5) is 8.36. The number of sulfonamides is 1. The van der Waals surface area contributed by atoms with E-state index < -0.39 is 15.4 Å². The minimum Gasteiger partial charge on any atom is -0.476 e. The van der Waals surface area contributed by atoms with E-state index in [9.17, 15) is 12.8 Å². The number of piperidine rings is 1. The van der Waals surface area contributed by atoms with E-state index in [4.69, 9.17) is 27.9 Å². The fraction of sp³-hybridized carbons (Fsp3) is 0.222. The number of ether oxygens (including phenoxy) is 1.